The molecular weight excluding hydrogens is 476 g/mol. The number of nitrogens with one attached hydrogen (secondary N) is 1. The van der Waals surface area contributed by atoms with Gasteiger partial charge in [0.25, 0.3) is 0 Å². The fourth-order valence-corrected chi connectivity index (χ4v) is 6.85. The van der Waals surface area contributed by atoms with E-state index in [0.717, 1.165) is 44.8 Å². The molecule has 4 rings (SSSR count). The first-order valence-electron chi connectivity index (χ1n) is 11.2. The molecule has 0 aliphatic carbocycles. The average Bonchev–Trinajstić information content (AvgIpc) is 3.12. The molecule has 1 aromatic heterocycles. The van der Waals surface area contributed by atoms with Gasteiger partial charge in [-0.05, 0) is 75.6 Å². The second-order valence-corrected chi connectivity index (χ2v) is 11.8. The number of carbonyl (C=O) groups excluding carboxylic acids is 1. The zero-order valence-electron chi connectivity index (χ0n) is 20.4. The van der Waals surface area contributed by atoms with Crippen molar-refractivity contribution in [3.8, 4) is 0 Å². The number of benzene rings is 3. The number of rotatable bonds is 6. The third-order valence-corrected chi connectivity index (χ3v) is 9.20. The minimum absolute atomic E-state index is 0.0353. The third kappa shape index (κ3) is 4.74. The van der Waals surface area contributed by atoms with E-state index in [2.05, 4.69) is 5.32 Å². The quantitative estimate of drug-likeness (QED) is 0.286. The first kappa shape index (κ1) is 24.7. The highest BCUT2D eigenvalue weighted by Gasteiger charge is 2.32. The minimum atomic E-state index is -4.00. The second-order valence-electron chi connectivity index (χ2n) is 8.89. The normalized spacial score (nSPS) is 11.5. The highest BCUT2D eigenvalue weighted by molar-refractivity contribution is 7.92. The first-order valence-corrected chi connectivity index (χ1v) is 13.5. The zero-order valence-corrected chi connectivity index (χ0v) is 22.0. The van der Waals surface area contributed by atoms with Crippen molar-refractivity contribution < 1.29 is 13.2 Å². The molecule has 5 nitrogen and oxygen atoms in total. The van der Waals surface area contributed by atoms with E-state index in [4.69, 9.17) is 5.73 Å². The number of nitrogen functional groups attached to an aromatic ring is 1. The highest BCUT2D eigenvalue weighted by Crippen LogP contribution is 2.44. The molecule has 3 aromatic carbocycles. The highest BCUT2D eigenvalue weighted by atomic mass is 32.2. The van der Waals surface area contributed by atoms with Crippen LogP contribution in [0.25, 0.3) is 0 Å². The lowest BCUT2D eigenvalue weighted by atomic mass is 10.0. The molecule has 180 valence electrons. The van der Waals surface area contributed by atoms with Gasteiger partial charge in [-0.1, -0.05) is 47.5 Å². The summed E-state index contributed by atoms with van der Waals surface area (Å²) in [6.45, 7) is 9.71. The molecule has 0 radical (unpaired) electrons. The number of nitrogens with two attached hydrogens (primary N) is 1. The molecule has 0 atom stereocenters. The third-order valence-electron chi connectivity index (χ3n) is 6.10. The SMILES string of the molecule is Cc1ccc(S(=O)(=O)c2c(Nc3ccc(C)c(C)c3)sc(C(=O)c3ccc(C)cc3C)c2N)cc1. The summed E-state index contributed by atoms with van der Waals surface area (Å²) in [5.41, 5.74) is 12.6. The molecule has 0 amide bonds. The standard InChI is InChI=1S/C28H28N2O3S2/c1-16-6-11-22(12-7-16)35(32,33)27-24(29)26(25(31)23-13-8-17(2)14-20(23)5)34-28(27)30-21-10-9-18(3)19(4)15-21/h6-15,30H,29H2,1-5H3. The molecule has 0 bridgehead atoms. The second kappa shape index (κ2) is 9.32. The molecule has 0 spiro atoms. The smallest absolute Gasteiger partial charge is 0.211 e. The topological polar surface area (TPSA) is 89.3 Å². The van der Waals surface area contributed by atoms with Crippen LogP contribution in [0.1, 0.15) is 43.1 Å². The summed E-state index contributed by atoms with van der Waals surface area (Å²) in [7, 11) is -4.00. The van der Waals surface area contributed by atoms with E-state index in [1.807, 2.05) is 65.0 Å². The fourth-order valence-electron chi connectivity index (χ4n) is 3.92. The van der Waals surface area contributed by atoms with Crippen molar-refractivity contribution in [2.45, 2.75) is 44.4 Å². The Kier molecular flexibility index (Phi) is 6.58. The van der Waals surface area contributed by atoms with Crippen molar-refractivity contribution in [3.05, 3.63) is 98.9 Å². The minimum Gasteiger partial charge on any atom is -0.396 e. The first-order chi connectivity index (χ1) is 16.5. The molecule has 0 aliphatic rings. The van der Waals surface area contributed by atoms with Gasteiger partial charge in [0.05, 0.1) is 10.6 Å². The molecule has 0 unspecified atom stereocenters. The van der Waals surface area contributed by atoms with Gasteiger partial charge in [-0.3, -0.25) is 4.79 Å². The van der Waals surface area contributed by atoms with Gasteiger partial charge in [0.2, 0.25) is 15.6 Å². The number of sulfone groups is 1. The molecule has 35 heavy (non-hydrogen) atoms. The average molecular weight is 505 g/mol. The maximum Gasteiger partial charge on any atom is 0.211 e. The van der Waals surface area contributed by atoms with Crippen molar-refractivity contribution in [1.29, 1.82) is 0 Å². The van der Waals surface area contributed by atoms with Crippen LogP contribution in [0.5, 0.6) is 0 Å². The van der Waals surface area contributed by atoms with E-state index < -0.39 is 9.84 Å². The van der Waals surface area contributed by atoms with Crippen LogP contribution in [0.2, 0.25) is 0 Å². The van der Waals surface area contributed by atoms with Crippen molar-refractivity contribution in [2.24, 2.45) is 0 Å². The number of ketones is 1. The van der Waals surface area contributed by atoms with E-state index in [9.17, 15) is 13.2 Å². The molecule has 3 N–H and O–H groups in total. The van der Waals surface area contributed by atoms with E-state index in [1.165, 1.54) is 0 Å². The summed E-state index contributed by atoms with van der Waals surface area (Å²) in [5, 5.41) is 3.55. The van der Waals surface area contributed by atoms with Crippen LogP contribution in [0.3, 0.4) is 0 Å². The van der Waals surface area contributed by atoms with Gasteiger partial charge in [0, 0.05) is 11.3 Å². The van der Waals surface area contributed by atoms with Gasteiger partial charge in [0.15, 0.2) is 0 Å². The van der Waals surface area contributed by atoms with Crippen LogP contribution in [-0.4, -0.2) is 14.2 Å². The predicted octanol–water partition coefficient (Wildman–Crippen LogP) is 6.68. The van der Waals surface area contributed by atoms with Crippen LogP contribution in [0, 0.1) is 34.6 Å². The summed E-state index contributed by atoms with van der Waals surface area (Å²) in [5.74, 6) is -0.293. The summed E-state index contributed by atoms with van der Waals surface area (Å²) < 4.78 is 27.5. The summed E-state index contributed by atoms with van der Waals surface area (Å²) in [4.78, 5) is 13.8. The van der Waals surface area contributed by atoms with Crippen molar-refractivity contribution in [2.75, 3.05) is 11.1 Å². The Bertz CT molecular complexity index is 1550. The Morgan fingerprint density at radius 3 is 2.09 bits per heavy atom. The summed E-state index contributed by atoms with van der Waals surface area (Å²) in [6, 6.07) is 17.9. The number of hydrogen-bond donors (Lipinski definition) is 2. The van der Waals surface area contributed by atoms with Gasteiger partial charge in [-0.15, -0.1) is 11.3 Å². The van der Waals surface area contributed by atoms with Gasteiger partial charge in [-0.2, -0.15) is 0 Å². The van der Waals surface area contributed by atoms with Gasteiger partial charge in [-0.25, -0.2) is 8.42 Å². The molecule has 4 aromatic rings. The molecule has 0 fully saturated rings. The fraction of sp³-hybridized carbons (Fsp3) is 0.179. The Labute approximate surface area is 210 Å². The summed E-state index contributed by atoms with van der Waals surface area (Å²) in [6.07, 6.45) is 0. The van der Waals surface area contributed by atoms with Crippen molar-refractivity contribution in [1.82, 2.24) is 0 Å². The largest absolute Gasteiger partial charge is 0.396 e. The maximum absolute atomic E-state index is 13.8. The zero-order chi connectivity index (χ0) is 25.5. The van der Waals surface area contributed by atoms with Crippen molar-refractivity contribution >= 4 is 43.3 Å². The number of thiophene rings is 1. The molecule has 0 saturated carbocycles. The van der Waals surface area contributed by atoms with E-state index in [0.29, 0.717) is 10.6 Å². The van der Waals surface area contributed by atoms with Crippen LogP contribution in [0.4, 0.5) is 16.4 Å². The van der Waals surface area contributed by atoms with Crippen LogP contribution >= 0.6 is 11.3 Å². The van der Waals surface area contributed by atoms with Crippen LogP contribution in [0.15, 0.2) is 70.5 Å². The Hall–Kier alpha value is -3.42. The maximum atomic E-state index is 13.8. The lowest BCUT2D eigenvalue weighted by molar-refractivity contribution is 0.104. The Morgan fingerprint density at radius 1 is 0.800 bits per heavy atom. The van der Waals surface area contributed by atoms with Crippen LogP contribution < -0.4 is 11.1 Å². The monoisotopic (exact) mass is 504 g/mol. The number of hydrogen-bond acceptors (Lipinski definition) is 6. The van der Waals surface area contributed by atoms with Gasteiger partial charge < -0.3 is 11.1 Å². The Balaban J connectivity index is 1.90. The van der Waals surface area contributed by atoms with E-state index in [-0.39, 0.29) is 26.1 Å². The van der Waals surface area contributed by atoms with Crippen molar-refractivity contribution in [3.63, 3.8) is 0 Å². The molecule has 1 heterocycles. The summed E-state index contributed by atoms with van der Waals surface area (Å²) >= 11 is 1.07. The molecule has 0 saturated heterocycles. The van der Waals surface area contributed by atoms with E-state index >= 15 is 0 Å². The van der Waals surface area contributed by atoms with E-state index in [1.54, 1.807) is 30.3 Å². The molecule has 0 aliphatic heterocycles. The lowest BCUT2D eigenvalue weighted by Crippen LogP contribution is -2.09. The van der Waals surface area contributed by atoms with Gasteiger partial charge >= 0.3 is 0 Å². The number of aryl methyl sites for hydroxylation is 5. The molecule has 7 heteroatoms. The Morgan fingerprint density at radius 2 is 1.46 bits per heavy atom. The van der Waals surface area contributed by atoms with Crippen LogP contribution in [-0.2, 0) is 9.84 Å². The predicted molar refractivity (Wildman–Crippen MR) is 144 cm³/mol. The van der Waals surface area contributed by atoms with Gasteiger partial charge in [0.1, 0.15) is 14.8 Å². The molecular formula is C28H28N2O3S2. The number of anilines is 3. The lowest BCUT2D eigenvalue weighted by Gasteiger charge is -2.11. The number of carbonyl (C=O) groups is 1.